The smallest absolute Gasteiger partial charge is 0.188 e. The Morgan fingerprint density at radius 2 is 1.83 bits per heavy atom. The third-order valence-corrected chi connectivity index (χ3v) is 9.20. The maximum atomic E-state index is 15.1. The van der Waals surface area contributed by atoms with Crippen molar-refractivity contribution >= 4 is 21.4 Å². The number of hydrogen-bond acceptors (Lipinski definition) is 4. The van der Waals surface area contributed by atoms with Crippen LogP contribution in [0.1, 0.15) is 31.7 Å². The molecular weight excluding hydrogens is 422 g/mol. The highest BCUT2D eigenvalue weighted by molar-refractivity contribution is 7.92. The van der Waals surface area contributed by atoms with E-state index in [1.54, 1.807) is 0 Å². The lowest BCUT2D eigenvalue weighted by Gasteiger charge is -2.51. The first-order valence-electron chi connectivity index (χ1n) is 9.53. The standard InChI is InChI=1S/C21H21ClF2O4S/c1-2-14-15-11-28-20-17(24)8-7-16(23)19(20)21(15,10-9-18(14)25)29(26,27)13-5-3-12(22)4-6-13/h3-8,14-15,18,25H,2,9-11H2,1H3/t14-,15-,18-,21-/m0/s1. The van der Waals surface area contributed by atoms with Crippen LogP contribution in [0.5, 0.6) is 5.75 Å². The Morgan fingerprint density at radius 3 is 2.48 bits per heavy atom. The van der Waals surface area contributed by atoms with Crippen LogP contribution in [0.4, 0.5) is 8.78 Å². The lowest BCUT2D eigenvalue weighted by atomic mass is 9.65. The van der Waals surface area contributed by atoms with Gasteiger partial charge in [-0.05, 0) is 55.2 Å². The Balaban J connectivity index is 2.04. The largest absolute Gasteiger partial charge is 0.490 e. The van der Waals surface area contributed by atoms with Crippen LogP contribution in [0.3, 0.4) is 0 Å². The van der Waals surface area contributed by atoms with Gasteiger partial charge in [0.2, 0.25) is 0 Å². The maximum absolute atomic E-state index is 15.1. The van der Waals surface area contributed by atoms with Crippen LogP contribution in [0.15, 0.2) is 41.3 Å². The molecule has 8 heteroatoms. The number of ether oxygens (including phenoxy) is 1. The van der Waals surface area contributed by atoms with E-state index in [9.17, 15) is 17.9 Å². The lowest BCUT2D eigenvalue weighted by Crippen LogP contribution is -2.57. The highest BCUT2D eigenvalue weighted by atomic mass is 35.5. The third-order valence-electron chi connectivity index (χ3n) is 6.39. The lowest BCUT2D eigenvalue weighted by molar-refractivity contribution is -0.0219. The molecule has 2 aromatic carbocycles. The molecule has 29 heavy (non-hydrogen) atoms. The van der Waals surface area contributed by atoms with Crippen molar-refractivity contribution in [1.82, 2.24) is 0 Å². The number of aliphatic hydroxyl groups excluding tert-OH is 1. The molecule has 1 aliphatic heterocycles. The van der Waals surface area contributed by atoms with Crippen molar-refractivity contribution < 1.29 is 27.0 Å². The Labute approximate surface area is 173 Å². The van der Waals surface area contributed by atoms with Crippen molar-refractivity contribution in [2.45, 2.75) is 41.9 Å². The molecule has 0 amide bonds. The maximum Gasteiger partial charge on any atom is 0.188 e. The van der Waals surface area contributed by atoms with Crippen LogP contribution in [0.2, 0.25) is 5.02 Å². The van der Waals surface area contributed by atoms with E-state index in [-0.39, 0.29) is 35.7 Å². The second-order valence-corrected chi connectivity index (χ2v) is 10.3. The van der Waals surface area contributed by atoms with Crippen molar-refractivity contribution in [3.05, 3.63) is 58.6 Å². The molecule has 1 saturated carbocycles. The van der Waals surface area contributed by atoms with Gasteiger partial charge in [-0.15, -0.1) is 0 Å². The summed E-state index contributed by atoms with van der Waals surface area (Å²) in [5, 5.41) is 10.9. The van der Waals surface area contributed by atoms with E-state index in [1.165, 1.54) is 24.3 Å². The average Bonchev–Trinajstić information content (AvgIpc) is 2.70. The first-order chi connectivity index (χ1) is 13.7. The second-order valence-electron chi connectivity index (χ2n) is 7.68. The highest BCUT2D eigenvalue weighted by Gasteiger charge is 2.62. The number of hydrogen-bond donors (Lipinski definition) is 1. The quantitative estimate of drug-likeness (QED) is 0.761. The first-order valence-corrected chi connectivity index (χ1v) is 11.4. The van der Waals surface area contributed by atoms with Gasteiger partial charge in [0, 0.05) is 10.9 Å². The van der Waals surface area contributed by atoms with E-state index in [1.807, 2.05) is 6.92 Å². The molecule has 0 spiro atoms. The summed E-state index contributed by atoms with van der Waals surface area (Å²) in [5.74, 6) is -3.13. The minimum atomic E-state index is -4.18. The summed E-state index contributed by atoms with van der Waals surface area (Å²) in [7, 11) is -4.18. The van der Waals surface area contributed by atoms with Gasteiger partial charge in [-0.25, -0.2) is 17.2 Å². The zero-order valence-electron chi connectivity index (χ0n) is 15.7. The van der Waals surface area contributed by atoms with Gasteiger partial charge in [0.15, 0.2) is 21.4 Å². The van der Waals surface area contributed by atoms with Gasteiger partial charge in [0.05, 0.1) is 23.2 Å². The van der Waals surface area contributed by atoms with E-state index < -0.39 is 44.2 Å². The summed E-state index contributed by atoms with van der Waals surface area (Å²) in [6.45, 7) is 1.73. The van der Waals surface area contributed by atoms with Crippen LogP contribution >= 0.6 is 11.6 Å². The predicted molar refractivity (Wildman–Crippen MR) is 105 cm³/mol. The van der Waals surface area contributed by atoms with Crippen LogP contribution < -0.4 is 4.74 Å². The summed E-state index contributed by atoms with van der Waals surface area (Å²) in [5.41, 5.74) is -0.269. The van der Waals surface area contributed by atoms with Gasteiger partial charge in [-0.3, -0.25) is 0 Å². The molecule has 2 aromatic rings. The molecule has 0 unspecified atom stereocenters. The Bertz CT molecular complexity index is 1040. The number of sulfone groups is 1. The van der Waals surface area contributed by atoms with E-state index in [0.717, 1.165) is 12.1 Å². The fourth-order valence-electron chi connectivity index (χ4n) is 5.03. The Hall–Kier alpha value is -1.70. The molecule has 0 saturated heterocycles. The normalized spacial score (nSPS) is 28.9. The Kier molecular flexibility index (Phi) is 5.12. The second kappa shape index (κ2) is 7.22. The fourth-order valence-corrected chi connectivity index (χ4v) is 7.56. The van der Waals surface area contributed by atoms with Gasteiger partial charge in [0.25, 0.3) is 0 Å². The minimum Gasteiger partial charge on any atom is -0.490 e. The third kappa shape index (κ3) is 2.89. The van der Waals surface area contributed by atoms with E-state index in [4.69, 9.17) is 16.3 Å². The summed E-state index contributed by atoms with van der Waals surface area (Å²) in [6.07, 6.45) is -0.117. The van der Waals surface area contributed by atoms with E-state index >= 15 is 4.39 Å². The molecule has 1 N–H and O–H groups in total. The van der Waals surface area contributed by atoms with Gasteiger partial charge >= 0.3 is 0 Å². The average molecular weight is 443 g/mol. The minimum absolute atomic E-state index is 0.0188. The van der Waals surface area contributed by atoms with Gasteiger partial charge < -0.3 is 9.84 Å². The van der Waals surface area contributed by atoms with Gasteiger partial charge in [-0.2, -0.15) is 0 Å². The van der Waals surface area contributed by atoms with Gasteiger partial charge in [-0.1, -0.05) is 24.9 Å². The zero-order valence-corrected chi connectivity index (χ0v) is 17.3. The zero-order chi connectivity index (χ0) is 21.0. The van der Waals surface area contributed by atoms with Gasteiger partial charge in [0.1, 0.15) is 10.6 Å². The van der Waals surface area contributed by atoms with Crippen LogP contribution in [0.25, 0.3) is 0 Å². The number of fused-ring (bicyclic) bond motifs is 3. The number of benzene rings is 2. The van der Waals surface area contributed by atoms with Crippen LogP contribution in [-0.4, -0.2) is 26.2 Å². The number of rotatable bonds is 3. The van der Waals surface area contributed by atoms with Crippen LogP contribution in [-0.2, 0) is 14.6 Å². The summed E-state index contributed by atoms with van der Waals surface area (Å²) < 4.78 is 61.4. The SMILES string of the molecule is CC[C@@H]1[C@@H](O)CC[C@@]2(S(=O)(=O)c3ccc(Cl)cc3)c3c(F)ccc(F)c3OC[C@@H]12. The van der Waals surface area contributed by atoms with Crippen molar-refractivity contribution in [3.8, 4) is 5.75 Å². The number of halogens is 3. The van der Waals surface area contributed by atoms with Crippen LogP contribution in [0, 0.1) is 23.5 Å². The predicted octanol–water partition coefficient (Wildman–Crippen LogP) is 4.48. The molecular formula is C21H21ClF2O4S. The molecule has 1 fully saturated rings. The molecule has 4 rings (SSSR count). The molecule has 4 atom stereocenters. The Morgan fingerprint density at radius 1 is 1.17 bits per heavy atom. The highest BCUT2D eigenvalue weighted by Crippen LogP contribution is 2.58. The van der Waals surface area contributed by atoms with E-state index in [2.05, 4.69) is 0 Å². The molecule has 2 aliphatic rings. The van der Waals surface area contributed by atoms with Crippen molar-refractivity contribution in [1.29, 1.82) is 0 Å². The molecule has 156 valence electrons. The van der Waals surface area contributed by atoms with Crippen molar-refractivity contribution in [3.63, 3.8) is 0 Å². The molecule has 1 aliphatic carbocycles. The molecule has 1 heterocycles. The van der Waals surface area contributed by atoms with E-state index in [0.29, 0.717) is 11.4 Å². The monoisotopic (exact) mass is 442 g/mol. The molecule has 0 bridgehead atoms. The molecule has 0 radical (unpaired) electrons. The topological polar surface area (TPSA) is 63.6 Å². The molecule has 4 nitrogen and oxygen atoms in total. The molecule has 0 aromatic heterocycles. The van der Waals surface area contributed by atoms with Crippen molar-refractivity contribution in [2.24, 2.45) is 11.8 Å². The summed E-state index contributed by atoms with van der Waals surface area (Å²) in [4.78, 5) is -0.0188. The fraction of sp³-hybridized carbons (Fsp3) is 0.429. The summed E-state index contributed by atoms with van der Waals surface area (Å²) in [6, 6.07) is 7.54. The first kappa shape index (κ1) is 20.6. The summed E-state index contributed by atoms with van der Waals surface area (Å²) >= 11 is 5.92. The number of aliphatic hydroxyl groups is 1. The van der Waals surface area contributed by atoms with Crippen molar-refractivity contribution in [2.75, 3.05) is 6.61 Å².